The van der Waals surface area contributed by atoms with E-state index >= 15 is 0 Å². The molecule has 3 aromatic rings. The highest BCUT2D eigenvalue weighted by Gasteiger charge is 2.20. The van der Waals surface area contributed by atoms with Gasteiger partial charge in [0.25, 0.3) is 11.5 Å². The van der Waals surface area contributed by atoms with Crippen LogP contribution in [-0.4, -0.2) is 28.4 Å². The summed E-state index contributed by atoms with van der Waals surface area (Å²) < 4.78 is 12.4. The molecule has 1 fully saturated rings. The molecule has 168 valence electrons. The smallest absolute Gasteiger partial charge is 0.269 e. The van der Waals surface area contributed by atoms with Crippen molar-refractivity contribution in [2.75, 3.05) is 7.11 Å². The summed E-state index contributed by atoms with van der Waals surface area (Å²) in [6.45, 7) is 0. The Morgan fingerprint density at radius 1 is 1.15 bits per heavy atom. The third-order valence-electron chi connectivity index (χ3n) is 5.60. The van der Waals surface area contributed by atoms with E-state index < -0.39 is 11.5 Å². The molecule has 0 atom stereocenters. The fourth-order valence-electron chi connectivity index (χ4n) is 3.84. The number of rotatable bonds is 6. The van der Waals surface area contributed by atoms with Crippen molar-refractivity contribution in [1.29, 1.82) is 5.26 Å². The van der Waals surface area contributed by atoms with Gasteiger partial charge in [0, 0.05) is 12.2 Å². The van der Waals surface area contributed by atoms with Crippen molar-refractivity contribution >= 4 is 17.6 Å². The number of amides is 1. The molecule has 0 bridgehead atoms. The Morgan fingerprint density at radius 2 is 1.88 bits per heavy atom. The Bertz CT molecular complexity index is 1280. The van der Waals surface area contributed by atoms with Crippen molar-refractivity contribution < 1.29 is 14.3 Å². The van der Waals surface area contributed by atoms with Crippen molar-refractivity contribution in [3.8, 4) is 23.4 Å². The number of pyridine rings is 1. The van der Waals surface area contributed by atoms with Gasteiger partial charge in [0.05, 0.1) is 7.11 Å². The maximum absolute atomic E-state index is 13.2. The lowest BCUT2D eigenvalue weighted by Crippen LogP contribution is -2.36. The molecule has 1 amide bonds. The third kappa shape index (κ3) is 5.04. The molecule has 2 aromatic heterocycles. The average Bonchev–Trinajstić information content (AvgIpc) is 2.85. The zero-order valence-electron chi connectivity index (χ0n) is 18.3. The SMILES string of the molecule is COc1ccc(Oc2nc3ccccn3c(=O)c2C=C(C#N)C(=O)NC2CCCCC2)cc1. The highest BCUT2D eigenvalue weighted by atomic mass is 16.5. The Kier molecular flexibility index (Phi) is 6.69. The standard InChI is InChI=1S/C25H24N4O4/c1-32-19-10-12-20(13-11-19)33-24-21(25(31)29-14-6-5-9-22(29)28-24)15-17(16-26)23(30)27-18-7-3-2-4-8-18/h5-6,9-15,18H,2-4,7-8H2,1H3,(H,27,30). The molecule has 0 aliphatic heterocycles. The van der Waals surface area contributed by atoms with E-state index in [0.29, 0.717) is 17.1 Å². The van der Waals surface area contributed by atoms with Crippen molar-refractivity contribution in [3.05, 3.63) is 70.2 Å². The molecule has 33 heavy (non-hydrogen) atoms. The normalized spacial score (nSPS) is 14.5. The molecule has 1 saturated carbocycles. The summed E-state index contributed by atoms with van der Waals surface area (Å²) in [7, 11) is 1.56. The fraction of sp³-hybridized carbons (Fsp3) is 0.280. The number of hydrogen-bond donors (Lipinski definition) is 1. The molecule has 1 N–H and O–H groups in total. The number of nitrogens with one attached hydrogen (secondary N) is 1. The summed E-state index contributed by atoms with van der Waals surface area (Å²) in [5, 5.41) is 12.6. The number of benzene rings is 1. The molecule has 0 spiro atoms. The van der Waals surface area contributed by atoms with Gasteiger partial charge in [-0.25, -0.2) is 0 Å². The van der Waals surface area contributed by atoms with E-state index in [0.717, 1.165) is 32.1 Å². The number of fused-ring (bicyclic) bond motifs is 1. The van der Waals surface area contributed by atoms with Crippen LogP contribution in [0.15, 0.2) is 59.0 Å². The van der Waals surface area contributed by atoms with Crippen molar-refractivity contribution in [3.63, 3.8) is 0 Å². The Morgan fingerprint density at radius 3 is 2.58 bits per heavy atom. The lowest BCUT2D eigenvalue weighted by atomic mass is 9.95. The first-order chi connectivity index (χ1) is 16.1. The van der Waals surface area contributed by atoms with Gasteiger partial charge in [-0.2, -0.15) is 10.2 Å². The molecular formula is C25H24N4O4. The van der Waals surface area contributed by atoms with Crippen LogP contribution in [0.2, 0.25) is 0 Å². The quantitative estimate of drug-likeness (QED) is 0.457. The lowest BCUT2D eigenvalue weighted by Gasteiger charge is -2.22. The molecule has 8 heteroatoms. The maximum atomic E-state index is 13.2. The molecule has 1 aliphatic rings. The van der Waals surface area contributed by atoms with Gasteiger partial charge in [0.15, 0.2) is 0 Å². The van der Waals surface area contributed by atoms with Gasteiger partial charge in [0.2, 0.25) is 5.88 Å². The number of nitrogens with zero attached hydrogens (tertiary/aromatic N) is 3. The Balaban J connectivity index is 1.74. The zero-order chi connectivity index (χ0) is 23.2. The van der Waals surface area contributed by atoms with E-state index in [1.807, 2.05) is 6.07 Å². The highest BCUT2D eigenvalue weighted by molar-refractivity contribution is 6.02. The summed E-state index contributed by atoms with van der Waals surface area (Å²) in [5.41, 5.74) is -0.213. The predicted molar refractivity (Wildman–Crippen MR) is 123 cm³/mol. The van der Waals surface area contributed by atoms with Gasteiger partial charge in [-0.05, 0) is 55.3 Å². The molecular weight excluding hydrogens is 420 g/mol. The topological polar surface area (TPSA) is 106 Å². The predicted octanol–water partition coefficient (Wildman–Crippen LogP) is 3.85. The highest BCUT2D eigenvalue weighted by Crippen LogP contribution is 2.26. The van der Waals surface area contributed by atoms with Crippen LogP contribution in [0.25, 0.3) is 11.7 Å². The van der Waals surface area contributed by atoms with E-state index in [-0.39, 0.29) is 23.1 Å². The van der Waals surface area contributed by atoms with Crippen LogP contribution in [0.4, 0.5) is 0 Å². The van der Waals surface area contributed by atoms with E-state index in [4.69, 9.17) is 9.47 Å². The van der Waals surface area contributed by atoms with Gasteiger partial charge in [0.1, 0.15) is 34.4 Å². The number of aromatic nitrogens is 2. The van der Waals surface area contributed by atoms with Gasteiger partial charge >= 0.3 is 0 Å². The van der Waals surface area contributed by atoms with Gasteiger partial charge < -0.3 is 14.8 Å². The van der Waals surface area contributed by atoms with Crippen molar-refractivity contribution in [2.45, 2.75) is 38.1 Å². The Labute approximate surface area is 191 Å². The second-order valence-corrected chi connectivity index (χ2v) is 7.82. The number of carbonyl (C=O) groups is 1. The second-order valence-electron chi connectivity index (χ2n) is 7.82. The molecule has 4 rings (SSSR count). The van der Waals surface area contributed by atoms with E-state index in [1.54, 1.807) is 55.8 Å². The van der Waals surface area contributed by atoms with Gasteiger partial charge in [-0.1, -0.05) is 25.3 Å². The first-order valence-electron chi connectivity index (χ1n) is 10.8. The largest absolute Gasteiger partial charge is 0.497 e. The summed E-state index contributed by atoms with van der Waals surface area (Å²) in [6, 6.07) is 13.9. The van der Waals surface area contributed by atoms with Crippen LogP contribution in [0.1, 0.15) is 37.7 Å². The van der Waals surface area contributed by atoms with E-state index in [2.05, 4.69) is 10.3 Å². The molecule has 2 heterocycles. The summed E-state index contributed by atoms with van der Waals surface area (Å²) >= 11 is 0. The number of methoxy groups -OCH3 is 1. The van der Waals surface area contributed by atoms with Crippen LogP contribution in [-0.2, 0) is 4.79 Å². The molecule has 0 saturated heterocycles. The molecule has 1 aliphatic carbocycles. The molecule has 0 unspecified atom stereocenters. The van der Waals surface area contributed by atoms with Gasteiger partial charge in [-0.15, -0.1) is 0 Å². The first-order valence-corrected chi connectivity index (χ1v) is 10.8. The van der Waals surface area contributed by atoms with Crippen LogP contribution in [0.5, 0.6) is 17.4 Å². The average molecular weight is 444 g/mol. The van der Waals surface area contributed by atoms with Crippen LogP contribution in [0.3, 0.4) is 0 Å². The van der Waals surface area contributed by atoms with Crippen molar-refractivity contribution in [1.82, 2.24) is 14.7 Å². The summed E-state index contributed by atoms with van der Waals surface area (Å²) in [5.74, 6) is 0.592. The maximum Gasteiger partial charge on any atom is 0.269 e. The van der Waals surface area contributed by atoms with Crippen LogP contribution >= 0.6 is 0 Å². The number of nitriles is 1. The first kappa shape index (κ1) is 22.1. The van der Waals surface area contributed by atoms with E-state index in [1.165, 1.54) is 10.5 Å². The second kappa shape index (κ2) is 10.0. The summed E-state index contributed by atoms with van der Waals surface area (Å²) in [4.78, 5) is 30.5. The molecule has 8 nitrogen and oxygen atoms in total. The fourth-order valence-corrected chi connectivity index (χ4v) is 3.84. The van der Waals surface area contributed by atoms with Gasteiger partial charge in [-0.3, -0.25) is 14.0 Å². The molecule has 1 aromatic carbocycles. The van der Waals surface area contributed by atoms with Crippen LogP contribution in [0, 0.1) is 11.3 Å². The minimum atomic E-state index is -0.502. The van der Waals surface area contributed by atoms with Crippen LogP contribution < -0.4 is 20.3 Å². The number of carbonyl (C=O) groups excluding carboxylic acids is 1. The third-order valence-corrected chi connectivity index (χ3v) is 5.60. The number of hydrogen-bond acceptors (Lipinski definition) is 6. The minimum absolute atomic E-state index is 0.00887. The Hall–Kier alpha value is -4.12. The van der Waals surface area contributed by atoms with E-state index in [9.17, 15) is 14.9 Å². The van der Waals surface area contributed by atoms with Crippen molar-refractivity contribution in [2.24, 2.45) is 0 Å². The monoisotopic (exact) mass is 444 g/mol. The lowest BCUT2D eigenvalue weighted by molar-refractivity contribution is -0.117. The minimum Gasteiger partial charge on any atom is -0.497 e. The summed E-state index contributed by atoms with van der Waals surface area (Å²) in [6.07, 6.45) is 7.85. The number of ether oxygens (including phenoxy) is 2. The molecule has 0 radical (unpaired) electrons. The zero-order valence-corrected chi connectivity index (χ0v) is 18.3.